The van der Waals surface area contributed by atoms with E-state index in [-0.39, 0.29) is 0 Å². The zero-order chi connectivity index (χ0) is 22.3. The second kappa shape index (κ2) is 9.76. The molecule has 0 aromatic heterocycles. The number of hydrogen-bond acceptors (Lipinski definition) is 7. The van der Waals surface area contributed by atoms with Crippen molar-refractivity contribution in [2.24, 2.45) is 0 Å². The Morgan fingerprint density at radius 1 is 0.500 bits per heavy atom. The third kappa shape index (κ3) is 5.93. The molecule has 162 valence electrons. The molecule has 0 saturated heterocycles. The van der Waals surface area contributed by atoms with Gasteiger partial charge in [0.25, 0.3) is 0 Å². The Bertz CT molecular complexity index is 1150. The molecule has 0 radical (unpaired) electrons. The van der Waals surface area contributed by atoms with Crippen LogP contribution in [0.1, 0.15) is 0 Å². The molecule has 0 saturated carbocycles. The van der Waals surface area contributed by atoms with Crippen LogP contribution in [0, 0.1) is 0 Å². The van der Waals surface area contributed by atoms with Crippen LogP contribution in [0.2, 0.25) is 0 Å². The molecule has 4 aromatic carbocycles. The summed E-state index contributed by atoms with van der Waals surface area (Å²) in [5, 5.41) is 0. The summed E-state index contributed by atoms with van der Waals surface area (Å²) in [6.07, 6.45) is 0. The van der Waals surface area contributed by atoms with E-state index in [2.05, 4.69) is 0 Å². The number of nitrogens with two attached hydrogens (primary N) is 2. The van der Waals surface area contributed by atoms with Gasteiger partial charge in [-0.15, -0.1) is 0 Å². The van der Waals surface area contributed by atoms with Gasteiger partial charge in [0.2, 0.25) is 0 Å². The maximum Gasteiger partial charge on any atom is 0.417 e. The Balaban J connectivity index is 1.38. The Hall–Kier alpha value is -4.17. The van der Waals surface area contributed by atoms with Crippen molar-refractivity contribution in [2.75, 3.05) is 11.5 Å². The second-order valence-corrected chi connectivity index (χ2v) is 7.41. The van der Waals surface area contributed by atoms with Crippen molar-refractivity contribution in [3.8, 4) is 34.5 Å². The van der Waals surface area contributed by atoms with E-state index < -0.39 is 11.4 Å². The van der Waals surface area contributed by atoms with Crippen LogP contribution in [0.5, 0.6) is 34.5 Å². The summed E-state index contributed by atoms with van der Waals surface area (Å²) in [5.74, 6) is 2.80. The van der Waals surface area contributed by atoms with Crippen molar-refractivity contribution < 1.29 is 22.0 Å². The molecule has 4 rings (SSSR count). The molecule has 0 heterocycles. The minimum absolute atomic E-state index is 0.317. The van der Waals surface area contributed by atoms with Crippen LogP contribution in [0.15, 0.2) is 97.1 Å². The summed E-state index contributed by atoms with van der Waals surface area (Å²) < 4.78 is 34.6. The maximum atomic E-state index is 12.4. The first-order valence-electron chi connectivity index (χ1n) is 9.59. The van der Waals surface area contributed by atoms with Gasteiger partial charge in [0.1, 0.15) is 34.5 Å². The molecule has 8 heteroatoms. The number of hydrogen-bond donors (Lipinski definition) is 2. The van der Waals surface area contributed by atoms with Crippen molar-refractivity contribution in [2.45, 2.75) is 0 Å². The second-order valence-electron chi connectivity index (χ2n) is 6.67. The summed E-state index contributed by atoms with van der Waals surface area (Å²) in [6, 6.07) is 27.5. The molecule has 32 heavy (non-hydrogen) atoms. The highest BCUT2D eigenvalue weighted by Crippen LogP contribution is 2.29. The van der Waals surface area contributed by atoms with Gasteiger partial charge in [0.05, 0.1) is 0 Å². The van der Waals surface area contributed by atoms with Gasteiger partial charge in [0, 0.05) is 35.6 Å². The van der Waals surface area contributed by atoms with E-state index in [9.17, 15) is 4.21 Å². The van der Waals surface area contributed by atoms with E-state index in [1.165, 1.54) is 0 Å². The highest BCUT2D eigenvalue weighted by atomic mass is 32.2. The largest absolute Gasteiger partial charge is 0.457 e. The first-order valence-corrected chi connectivity index (χ1v) is 10.6. The first-order chi connectivity index (χ1) is 15.5. The molecule has 0 atom stereocenters. The van der Waals surface area contributed by atoms with Gasteiger partial charge in [-0.3, -0.25) is 0 Å². The van der Waals surface area contributed by atoms with Crippen LogP contribution >= 0.6 is 0 Å². The first kappa shape index (κ1) is 21.1. The normalized spacial score (nSPS) is 10.5. The van der Waals surface area contributed by atoms with Crippen molar-refractivity contribution in [3.05, 3.63) is 97.1 Å². The summed E-state index contributed by atoms with van der Waals surface area (Å²) in [7, 11) is 0. The summed E-state index contributed by atoms with van der Waals surface area (Å²) >= 11 is -2.09. The van der Waals surface area contributed by atoms with E-state index in [0.717, 1.165) is 0 Å². The highest BCUT2D eigenvalue weighted by molar-refractivity contribution is 7.75. The fraction of sp³-hybridized carbons (Fsp3) is 0. The van der Waals surface area contributed by atoms with Crippen molar-refractivity contribution in [1.82, 2.24) is 0 Å². The predicted molar refractivity (Wildman–Crippen MR) is 124 cm³/mol. The van der Waals surface area contributed by atoms with Gasteiger partial charge in [-0.25, -0.2) is 0 Å². The van der Waals surface area contributed by atoms with Crippen molar-refractivity contribution >= 4 is 22.7 Å². The smallest absolute Gasteiger partial charge is 0.417 e. The van der Waals surface area contributed by atoms with E-state index in [4.69, 9.17) is 29.3 Å². The van der Waals surface area contributed by atoms with Gasteiger partial charge in [-0.1, -0.05) is 24.3 Å². The predicted octanol–water partition coefficient (Wildman–Crippen LogP) is 5.47. The molecule has 4 aromatic rings. The fourth-order valence-electron chi connectivity index (χ4n) is 2.78. The Morgan fingerprint density at radius 3 is 1.25 bits per heavy atom. The van der Waals surface area contributed by atoms with Crippen LogP contribution < -0.4 is 29.3 Å². The molecule has 0 fully saturated rings. The lowest BCUT2D eigenvalue weighted by atomic mass is 10.3. The molecule has 0 aliphatic carbocycles. The molecular weight excluding hydrogens is 428 g/mol. The minimum Gasteiger partial charge on any atom is -0.457 e. The Labute approximate surface area is 188 Å². The quantitative estimate of drug-likeness (QED) is 0.344. The molecule has 0 aliphatic rings. The summed E-state index contributed by atoms with van der Waals surface area (Å²) in [6.45, 7) is 0. The highest BCUT2D eigenvalue weighted by Gasteiger charge is 2.09. The number of nitrogen functional groups attached to an aromatic ring is 2. The van der Waals surface area contributed by atoms with Crippen LogP contribution in [0.4, 0.5) is 11.4 Å². The molecule has 0 unspecified atom stereocenters. The number of rotatable bonds is 8. The SMILES string of the molecule is Nc1cccc(Oc2cccc(OS(=O)Oc3cccc(Oc4cccc(N)c4)c3)c2)c1. The zero-order valence-corrected chi connectivity index (χ0v) is 17.7. The topological polar surface area (TPSA) is 106 Å². The summed E-state index contributed by atoms with van der Waals surface area (Å²) in [5.41, 5.74) is 12.7. The molecule has 0 amide bonds. The number of benzene rings is 4. The third-order valence-electron chi connectivity index (χ3n) is 4.13. The third-order valence-corrected chi connectivity index (χ3v) is 4.78. The lowest BCUT2D eigenvalue weighted by molar-refractivity contribution is 0.450. The number of ether oxygens (including phenoxy) is 2. The van der Waals surface area contributed by atoms with Gasteiger partial charge in [-0.05, 0) is 48.5 Å². The molecule has 0 bridgehead atoms. The van der Waals surface area contributed by atoms with Crippen molar-refractivity contribution in [3.63, 3.8) is 0 Å². The van der Waals surface area contributed by atoms with Crippen LogP contribution in [-0.4, -0.2) is 4.21 Å². The average molecular weight is 449 g/mol. The van der Waals surface area contributed by atoms with Gasteiger partial charge in [-0.2, -0.15) is 4.21 Å². The Morgan fingerprint density at radius 2 is 0.844 bits per heavy atom. The van der Waals surface area contributed by atoms with Crippen LogP contribution in [0.3, 0.4) is 0 Å². The van der Waals surface area contributed by atoms with E-state index >= 15 is 0 Å². The Kier molecular flexibility index (Phi) is 6.43. The van der Waals surface area contributed by atoms with Gasteiger partial charge in [0.15, 0.2) is 0 Å². The fourth-order valence-corrected chi connectivity index (χ4v) is 3.34. The molecule has 7 nitrogen and oxygen atoms in total. The van der Waals surface area contributed by atoms with Crippen LogP contribution in [-0.2, 0) is 11.4 Å². The maximum absolute atomic E-state index is 12.4. The van der Waals surface area contributed by atoms with Gasteiger partial charge < -0.3 is 29.3 Å². The van der Waals surface area contributed by atoms with E-state index in [1.807, 2.05) is 0 Å². The minimum atomic E-state index is -2.09. The zero-order valence-electron chi connectivity index (χ0n) is 16.8. The standard InChI is InChI=1S/C24H20N2O5S/c25-17-5-1-7-19(13-17)28-21-9-3-11-23(15-21)30-32(27)31-24-12-4-10-22(16-24)29-20-8-2-6-18(26)14-20/h1-16H,25-26H2. The molecule has 0 spiro atoms. The molecule has 4 N–H and O–H groups in total. The molecular formula is C24H20N2O5S. The monoisotopic (exact) mass is 448 g/mol. The van der Waals surface area contributed by atoms with E-state index in [1.54, 1.807) is 97.1 Å². The average Bonchev–Trinajstić information content (AvgIpc) is 2.74. The lowest BCUT2D eigenvalue weighted by Gasteiger charge is -2.10. The number of anilines is 2. The molecule has 0 aliphatic heterocycles. The van der Waals surface area contributed by atoms with Crippen LogP contribution in [0.25, 0.3) is 0 Å². The van der Waals surface area contributed by atoms with Gasteiger partial charge >= 0.3 is 11.4 Å². The summed E-state index contributed by atoms with van der Waals surface area (Å²) in [4.78, 5) is 0. The lowest BCUT2D eigenvalue weighted by Crippen LogP contribution is -2.08. The van der Waals surface area contributed by atoms with Crippen molar-refractivity contribution in [1.29, 1.82) is 0 Å². The van der Waals surface area contributed by atoms with E-state index in [0.29, 0.717) is 45.9 Å².